The zero-order chi connectivity index (χ0) is 22.8. The van der Waals surface area contributed by atoms with E-state index in [0.29, 0.717) is 12.2 Å². The molecule has 2 rings (SSSR count). The number of ketones is 1. The van der Waals surface area contributed by atoms with Gasteiger partial charge >= 0.3 is 5.97 Å². The van der Waals surface area contributed by atoms with Crippen molar-refractivity contribution in [2.75, 3.05) is 24.6 Å². The summed E-state index contributed by atoms with van der Waals surface area (Å²) in [6.45, 7) is 2.98. The highest BCUT2D eigenvalue weighted by atomic mass is 33.1. The monoisotopic (exact) mass is 471 g/mol. The molecule has 3 atom stereocenters. The topological polar surface area (TPSA) is 131 Å². The first-order valence-electron chi connectivity index (χ1n) is 10.2. The molecule has 1 saturated heterocycles. The highest BCUT2D eigenvalue weighted by Crippen LogP contribution is 2.24. The van der Waals surface area contributed by atoms with Gasteiger partial charge in [0.15, 0.2) is 0 Å². The molecule has 0 aromatic carbocycles. The van der Waals surface area contributed by atoms with Crippen LogP contribution in [0.1, 0.15) is 33.1 Å². The van der Waals surface area contributed by atoms with Crippen LogP contribution in [0, 0.1) is 11.8 Å². The molecule has 0 saturated carbocycles. The molecular weight excluding hydrogens is 442 g/mol. The highest BCUT2D eigenvalue weighted by Gasteiger charge is 2.30. The van der Waals surface area contributed by atoms with Crippen molar-refractivity contribution < 1.29 is 28.7 Å². The van der Waals surface area contributed by atoms with E-state index in [0.717, 1.165) is 5.75 Å². The van der Waals surface area contributed by atoms with Gasteiger partial charge in [-0.15, -0.1) is 0 Å². The predicted octanol–water partition coefficient (Wildman–Crippen LogP) is 0.592. The molecule has 1 fully saturated rings. The Bertz CT molecular complexity index is 728. The molecule has 2 heterocycles. The summed E-state index contributed by atoms with van der Waals surface area (Å²) in [5.41, 5.74) is 0. The maximum Gasteiger partial charge on any atom is 0.326 e. The Labute approximate surface area is 189 Å². The van der Waals surface area contributed by atoms with Crippen molar-refractivity contribution in [2.45, 2.75) is 45.3 Å². The SMILES string of the molecule is CC(C)[C@H]1CC(=O)C[C@H]2/C=C/CCSSC[C@@H](NC1=O)C(=O)NCC(=O)NCC(=O)O2. The fraction of sp³-hybridized carbons (Fsp3) is 0.650. The molecule has 9 nitrogen and oxygen atoms in total. The number of carbonyl (C=O) groups excluding carboxylic acids is 5. The Hall–Kier alpha value is -2.01. The zero-order valence-corrected chi connectivity index (χ0v) is 19.3. The molecule has 3 N–H and O–H groups in total. The summed E-state index contributed by atoms with van der Waals surface area (Å²) >= 11 is 0. The van der Waals surface area contributed by atoms with E-state index in [1.54, 1.807) is 16.9 Å². The number of hydrogen-bond donors (Lipinski definition) is 3. The van der Waals surface area contributed by atoms with E-state index in [1.807, 2.05) is 19.9 Å². The minimum Gasteiger partial charge on any atom is -0.456 e. The minimum atomic E-state index is -0.847. The van der Waals surface area contributed by atoms with Crippen molar-refractivity contribution in [1.29, 1.82) is 0 Å². The van der Waals surface area contributed by atoms with E-state index >= 15 is 0 Å². The summed E-state index contributed by atoms with van der Waals surface area (Å²) in [5, 5.41) is 7.63. The van der Waals surface area contributed by atoms with E-state index in [-0.39, 0.29) is 43.5 Å². The third kappa shape index (κ3) is 8.94. The van der Waals surface area contributed by atoms with Crippen LogP contribution in [0.4, 0.5) is 0 Å². The first kappa shape index (κ1) is 25.3. The molecule has 0 aromatic rings. The van der Waals surface area contributed by atoms with Crippen molar-refractivity contribution in [1.82, 2.24) is 16.0 Å². The van der Waals surface area contributed by atoms with Crippen molar-refractivity contribution in [3.8, 4) is 0 Å². The lowest BCUT2D eigenvalue weighted by Gasteiger charge is -2.24. The van der Waals surface area contributed by atoms with Gasteiger partial charge in [-0.1, -0.05) is 41.5 Å². The Morgan fingerprint density at radius 3 is 2.52 bits per heavy atom. The van der Waals surface area contributed by atoms with Gasteiger partial charge in [-0.25, -0.2) is 0 Å². The van der Waals surface area contributed by atoms with Gasteiger partial charge in [-0.3, -0.25) is 24.0 Å². The second-order valence-electron chi connectivity index (χ2n) is 7.70. The van der Waals surface area contributed by atoms with Gasteiger partial charge in [-0.2, -0.15) is 0 Å². The molecule has 0 spiro atoms. The lowest BCUT2D eigenvalue weighted by atomic mass is 9.88. The number of rotatable bonds is 1. The van der Waals surface area contributed by atoms with E-state index in [1.165, 1.54) is 10.8 Å². The summed E-state index contributed by atoms with van der Waals surface area (Å²) in [5.74, 6) is -2.03. The normalized spacial score (nSPS) is 28.7. The molecular formula is C20H29N3O6S2. The highest BCUT2D eigenvalue weighted by molar-refractivity contribution is 8.76. The van der Waals surface area contributed by atoms with Gasteiger partial charge in [0.25, 0.3) is 0 Å². The molecule has 0 aromatic heterocycles. The Balaban J connectivity index is 2.36. The van der Waals surface area contributed by atoms with Crippen LogP contribution in [0.2, 0.25) is 0 Å². The van der Waals surface area contributed by atoms with Gasteiger partial charge in [-0.05, 0) is 18.4 Å². The first-order valence-corrected chi connectivity index (χ1v) is 12.7. The summed E-state index contributed by atoms with van der Waals surface area (Å²) in [6, 6.07) is -0.847. The number of hydrogen-bond acceptors (Lipinski definition) is 8. The smallest absolute Gasteiger partial charge is 0.326 e. The number of carbonyl (C=O) groups is 5. The lowest BCUT2D eigenvalue weighted by molar-refractivity contribution is -0.148. The number of allylic oxidation sites excluding steroid dienone is 1. The molecule has 0 unspecified atom stereocenters. The quantitative estimate of drug-likeness (QED) is 0.288. The number of fused-ring (bicyclic) bond motifs is 7. The number of ether oxygens (including phenoxy) is 1. The summed E-state index contributed by atoms with van der Waals surface area (Å²) in [6.07, 6.45) is 3.38. The number of esters is 1. The minimum absolute atomic E-state index is 0.0155. The molecule has 3 amide bonds. The molecule has 11 heteroatoms. The van der Waals surface area contributed by atoms with Crippen LogP contribution in [-0.2, 0) is 28.7 Å². The molecule has 2 bridgehead atoms. The van der Waals surface area contributed by atoms with Gasteiger partial charge < -0.3 is 20.7 Å². The molecule has 0 aliphatic carbocycles. The van der Waals surface area contributed by atoms with Crippen molar-refractivity contribution in [3.05, 3.63) is 12.2 Å². The molecule has 172 valence electrons. The lowest BCUT2D eigenvalue weighted by Crippen LogP contribution is -2.52. The van der Waals surface area contributed by atoms with Gasteiger partial charge in [0, 0.05) is 30.3 Å². The van der Waals surface area contributed by atoms with Crippen molar-refractivity contribution >= 4 is 51.1 Å². The van der Waals surface area contributed by atoms with Gasteiger partial charge in [0.2, 0.25) is 17.7 Å². The molecule has 2 aliphatic heterocycles. The van der Waals surface area contributed by atoms with Gasteiger partial charge in [0.1, 0.15) is 24.5 Å². The predicted molar refractivity (Wildman–Crippen MR) is 119 cm³/mol. The third-order valence-corrected chi connectivity index (χ3v) is 7.27. The van der Waals surface area contributed by atoms with Crippen LogP contribution in [0.3, 0.4) is 0 Å². The van der Waals surface area contributed by atoms with E-state index in [2.05, 4.69) is 16.0 Å². The second-order valence-corrected chi connectivity index (χ2v) is 10.3. The van der Waals surface area contributed by atoms with Crippen LogP contribution < -0.4 is 16.0 Å². The molecule has 31 heavy (non-hydrogen) atoms. The largest absolute Gasteiger partial charge is 0.456 e. The fourth-order valence-corrected chi connectivity index (χ4v) is 5.22. The fourth-order valence-electron chi connectivity index (χ4n) is 3.07. The van der Waals surface area contributed by atoms with Crippen LogP contribution >= 0.6 is 21.6 Å². The Morgan fingerprint density at radius 2 is 1.77 bits per heavy atom. The van der Waals surface area contributed by atoms with E-state index in [9.17, 15) is 24.0 Å². The number of amides is 3. The van der Waals surface area contributed by atoms with Crippen LogP contribution in [0.5, 0.6) is 0 Å². The number of Topliss-reactive ketones (excluding diaryl/α,β-unsaturated/α-hetero) is 1. The van der Waals surface area contributed by atoms with E-state index in [4.69, 9.17) is 4.74 Å². The van der Waals surface area contributed by atoms with Crippen LogP contribution in [0.25, 0.3) is 0 Å². The average Bonchev–Trinajstić information content (AvgIpc) is 2.71. The standard InChI is InChI=1S/C20H29N3O6S2/c1-12(2)15-8-13(24)7-14-5-3-4-6-30-31-11-16(23-19(15)27)20(28)22-9-17(25)21-10-18(26)29-14/h3,5,12,14-16H,4,6-11H2,1-2H3,(H,21,25)(H,22,28)(H,23,27)/b5-3+/t14-,15-,16-/m1/s1. The zero-order valence-electron chi connectivity index (χ0n) is 17.7. The van der Waals surface area contributed by atoms with Crippen LogP contribution in [-0.4, -0.2) is 66.2 Å². The average molecular weight is 472 g/mol. The summed E-state index contributed by atoms with van der Waals surface area (Å²) < 4.78 is 5.37. The van der Waals surface area contributed by atoms with Crippen molar-refractivity contribution in [3.63, 3.8) is 0 Å². The van der Waals surface area contributed by atoms with Crippen LogP contribution in [0.15, 0.2) is 12.2 Å². The maximum atomic E-state index is 12.9. The van der Waals surface area contributed by atoms with Crippen molar-refractivity contribution in [2.24, 2.45) is 11.8 Å². The molecule has 0 radical (unpaired) electrons. The maximum absolute atomic E-state index is 12.9. The first-order chi connectivity index (χ1) is 14.8. The summed E-state index contributed by atoms with van der Waals surface area (Å²) in [7, 11) is 2.99. The Kier molecular flexibility index (Phi) is 10.4. The third-order valence-electron chi connectivity index (χ3n) is 4.82. The van der Waals surface area contributed by atoms with E-state index < -0.39 is 35.8 Å². The Morgan fingerprint density at radius 1 is 1.00 bits per heavy atom. The summed E-state index contributed by atoms with van der Waals surface area (Å²) in [4.78, 5) is 62.4. The molecule has 2 aliphatic rings. The van der Waals surface area contributed by atoms with Gasteiger partial charge in [0.05, 0.1) is 6.54 Å². The number of nitrogens with one attached hydrogen (secondary N) is 3. The second kappa shape index (κ2) is 12.7.